The molecule has 0 bridgehead atoms. The lowest BCUT2D eigenvalue weighted by Gasteiger charge is -2.21. The SMILES string of the molecule is Cc1[nH]c2ccccc2c1C(=O)C(C)(C)S(C)(=O)=O. The van der Waals surface area contributed by atoms with Gasteiger partial charge in [-0.2, -0.15) is 0 Å². The summed E-state index contributed by atoms with van der Waals surface area (Å²) in [6, 6.07) is 7.39. The van der Waals surface area contributed by atoms with Crippen LogP contribution < -0.4 is 0 Å². The molecule has 0 saturated heterocycles. The van der Waals surface area contributed by atoms with Gasteiger partial charge in [0.2, 0.25) is 0 Å². The minimum Gasteiger partial charge on any atom is -0.358 e. The van der Waals surface area contributed by atoms with Crippen LogP contribution in [0.5, 0.6) is 0 Å². The molecule has 1 aromatic carbocycles. The zero-order chi connectivity index (χ0) is 14.4. The number of aromatic amines is 1. The number of nitrogens with one attached hydrogen (secondary N) is 1. The van der Waals surface area contributed by atoms with E-state index in [1.54, 1.807) is 6.92 Å². The summed E-state index contributed by atoms with van der Waals surface area (Å²) < 4.78 is 22.2. The third-order valence-electron chi connectivity index (χ3n) is 3.59. The first-order valence-corrected chi connectivity index (χ1v) is 7.87. The molecule has 2 rings (SSSR count). The van der Waals surface area contributed by atoms with Crippen molar-refractivity contribution in [2.75, 3.05) is 6.26 Å². The largest absolute Gasteiger partial charge is 0.358 e. The molecule has 0 atom stereocenters. The van der Waals surface area contributed by atoms with Crippen LogP contribution in [-0.2, 0) is 9.84 Å². The van der Waals surface area contributed by atoms with Crippen LogP contribution in [0.25, 0.3) is 10.9 Å². The third kappa shape index (κ3) is 2.08. The fourth-order valence-corrected chi connectivity index (χ4v) is 2.48. The van der Waals surface area contributed by atoms with Crippen LogP contribution in [-0.4, -0.2) is 30.2 Å². The van der Waals surface area contributed by atoms with Gasteiger partial charge in [-0.05, 0) is 26.8 Å². The third-order valence-corrected chi connectivity index (χ3v) is 5.63. The minimum atomic E-state index is -3.48. The van der Waals surface area contributed by atoms with Crippen molar-refractivity contribution in [3.8, 4) is 0 Å². The quantitative estimate of drug-likeness (QED) is 0.878. The van der Waals surface area contributed by atoms with Crippen LogP contribution in [0.15, 0.2) is 24.3 Å². The lowest BCUT2D eigenvalue weighted by molar-refractivity contribution is 0.0955. The second-order valence-electron chi connectivity index (χ2n) is 5.28. The van der Waals surface area contributed by atoms with E-state index in [0.717, 1.165) is 17.2 Å². The summed E-state index contributed by atoms with van der Waals surface area (Å²) in [5.41, 5.74) is 2.00. The van der Waals surface area contributed by atoms with E-state index in [4.69, 9.17) is 0 Å². The number of Topliss-reactive ketones (excluding diaryl/α,β-unsaturated/α-hetero) is 1. The van der Waals surface area contributed by atoms with Gasteiger partial charge in [-0.15, -0.1) is 0 Å². The van der Waals surface area contributed by atoms with Crippen LogP contribution >= 0.6 is 0 Å². The maximum atomic E-state index is 12.6. The van der Waals surface area contributed by atoms with Crippen molar-refractivity contribution in [3.63, 3.8) is 0 Å². The Morgan fingerprint density at radius 3 is 2.37 bits per heavy atom. The Bertz CT molecular complexity index is 754. The molecular formula is C14H17NO3S. The highest BCUT2D eigenvalue weighted by molar-refractivity contribution is 7.92. The molecule has 0 radical (unpaired) electrons. The summed E-state index contributed by atoms with van der Waals surface area (Å²) in [5, 5.41) is 0.765. The zero-order valence-corrected chi connectivity index (χ0v) is 12.3. The van der Waals surface area contributed by atoms with Gasteiger partial charge >= 0.3 is 0 Å². The molecule has 0 aliphatic carbocycles. The van der Waals surface area contributed by atoms with E-state index in [0.29, 0.717) is 11.3 Å². The van der Waals surface area contributed by atoms with E-state index < -0.39 is 14.6 Å². The summed E-state index contributed by atoms with van der Waals surface area (Å²) in [6.45, 7) is 4.68. The molecule has 1 N–H and O–H groups in total. The Morgan fingerprint density at radius 1 is 1.21 bits per heavy atom. The number of sulfone groups is 1. The lowest BCUT2D eigenvalue weighted by atomic mass is 9.97. The van der Waals surface area contributed by atoms with Crippen LogP contribution in [0.4, 0.5) is 0 Å². The Hall–Kier alpha value is -1.62. The number of aryl methyl sites for hydroxylation is 1. The van der Waals surface area contributed by atoms with E-state index in [2.05, 4.69) is 4.98 Å². The predicted octanol–water partition coefficient (Wildman–Crippen LogP) is 2.48. The van der Waals surface area contributed by atoms with Crippen molar-refractivity contribution < 1.29 is 13.2 Å². The smallest absolute Gasteiger partial charge is 0.185 e. The van der Waals surface area contributed by atoms with Crippen molar-refractivity contribution >= 4 is 26.5 Å². The number of fused-ring (bicyclic) bond motifs is 1. The van der Waals surface area contributed by atoms with Gasteiger partial charge in [0.25, 0.3) is 0 Å². The molecule has 0 fully saturated rings. The van der Waals surface area contributed by atoms with Crippen molar-refractivity contribution in [1.29, 1.82) is 0 Å². The van der Waals surface area contributed by atoms with E-state index in [1.165, 1.54) is 13.8 Å². The van der Waals surface area contributed by atoms with Crippen molar-refractivity contribution in [2.45, 2.75) is 25.5 Å². The molecule has 0 aliphatic rings. The Balaban J connectivity index is 2.70. The standard InChI is InChI=1S/C14H17NO3S/c1-9-12(10-7-5-6-8-11(10)15-9)13(16)14(2,3)19(4,17)18/h5-8,15H,1-4H3. The van der Waals surface area contributed by atoms with E-state index >= 15 is 0 Å². The van der Waals surface area contributed by atoms with E-state index in [-0.39, 0.29) is 5.78 Å². The highest BCUT2D eigenvalue weighted by Gasteiger charge is 2.40. The van der Waals surface area contributed by atoms with Crippen LogP contribution in [0.1, 0.15) is 29.9 Å². The number of ketones is 1. The van der Waals surface area contributed by atoms with Crippen molar-refractivity contribution in [3.05, 3.63) is 35.5 Å². The van der Waals surface area contributed by atoms with Gasteiger partial charge in [0.15, 0.2) is 15.6 Å². The number of H-pyrrole nitrogens is 1. The van der Waals surface area contributed by atoms with E-state index in [1.807, 2.05) is 24.3 Å². The van der Waals surface area contributed by atoms with Gasteiger partial charge in [-0.1, -0.05) is 18.2 Å². The minimum absolute atomic E-state index is 0.370. The second kappa shape index (κ2) is 4.20. The monoisotopic (exact) mass is 279 g/mol. The fourth-order valence-electron chi connectivity index (χ4n) is 2.04. The Kier molecular flexibility index (Phi) is 3.05. The molecule has 4 nitrogen and oxygen atoms in total. The molecule has 19 heavy (non-hydrogen) atoms. The number of benzene rings is 1. The molecule has 0 amide bonds. The fraction of sp³-hybridized carbons (Fsp3) is 0.357. The first-order valence-electron chi connectivity index (χ1n) is 5.98. The zero-order valence-electron chi connectivity index (χ0n) is 11.4. The molecule has 5 heteroatoms. The predicted molar refractivity (Wildman–Crippen MR) is 76.3 cm³/mol. The average Bonchev–Trinajstić information content (AvgIpc) is 2.62. The lowest BCUT2D eigenvalue weighted by Crippen LogP contribution is -2.40. The maximum Gasteiger partial charge on any atom is 0.185 e. The molecule has 1 heterocycles. The summed E-state index contributed by atoms with van der Waals surface area (Å²) in [6.07, 6.45) is 1.09. The van der Waals surface area contributed by atoms with Crippen molar-refractivity contribution in [1.82, 2.24) is 4.98 Å². The topological polar surface area (TPSA) is 67.0 Å². The van der Waals surface area contributed by atoms with Crippen LogP contribution in [0.3, 0.4) is 0 Å². The maximum absolute atomic E-state index is 12.6. The highest BCUT2D eigenvalue weighted by atomic mass is 32.2. The average molecular weight is 279 g/mol. The normalized spacial score (nSPS) is 12.8. The summed E-state index contributed by atoms with van der Waals surface area (Å²) in [4.78, 5) is 15.7. The molecule has 102 valence electrons. The number of carbonyl (C=O) groups is 1. The first kappa shape index (κ1) is 13.8. The molecule has 0 spiro atoms. The van der Waals surface area contributed by atoms with E-state index in [9.17, 15) is 13.2 Å². The van der Waals surface area contributed by atoms with Crippen LogP contribution in [0, 0.1) is 6.92 Å². The first-order chi connectivity index (χ1) is 8.66. The van der Waals surface area contributed by atoms with Crippen LogP contribution in [0.2, 0.25) is 0 Å². The van der Waals surface area contributed by atoms with Crippen molar-refractivity contribution in [2.24, 2.45) is 0 Å². The number of hydrogen-bond acceptors (Lipinski definition) is 3. The summed E-state index contributed by atoms with van der Waals surface area (Å²) >= 11 is 0. The number of aromatic nitrogens is 1. The Labute approximate surface area is 112 Å². The molecule has 1 aromatic heterocycles. The molecule has 0 aliphatic heterocycles. The Morgan fingerprint density at radius 2 is 1.79 bits per heavy atom. The van der Waals surface area contributed by atoms with Gasteiger partial charge in [0.1, 0.15) is 4.75 Å². The summed E-state index contributed by atoms with van der Waals surface area (Å²) in [5.74, 6) is -0.370. The number of carbonyl (C=O) groups excluding carboxylic acids is 1. The number of para-hydroxylation sites is 1. The van der Waals surface area contributed by atoms with Gasteiger partial charge in [0, 0.05) is 28.4 Å². The number of hydrogen-bond donors (Lipinski definition) is 1. The number of rotatable bonds is 3. The molecule has 0 saturated carbocycles. The highest BCUT2D eigenvalue weighted by Crippen LogP contribution is 2.29. The van der Waals surface area contributed by atoms with Gasteiger partial charge in [-0.3, -0.25) is 4.79 Å². The molecular weight excluding hydrogens is 262 g/mol. The summed E-state index contributed by atoms with van der Waals surface area (Å²) in [7, 11) is -3.48. The second-order valence-corrected chi connectivity index (χ2v) is 7.85. The van der Waals surface area contributed by atoms with Gasteiger partial charge < -0.3 is 4.98 Å². The van der Waals surface area contributed by atoms with Gasteiger partial charge in [0.05, 0.1) is 0 Å². The molecule has 2 aromatic rings. The van der Waals surface area contributed by atoms with Gasteiger partial charge in [-0.25, -0.2) is 8.42 Å². The molecule has 0 unspecified atom stereocenters.